The van der Waals surface area contributed by atoms with Gasteiger partial charge in [-0.1, -0.05) is 53.7 Å². The van der Waals surface area contributed by atoms with Crippen molar-refractivity contribution in [1.29, 1.82) is 0 Å². The molecule has 1 amide bonds. The van der Waals surface area contributed by atoms with Crippen LogP contribution in [0.25, 0.3) is 11.3 Å². The average molecular weight is 432 g/mol. The lowest BCUT2D eigenvalue weighted by molar-refractivity contribution is -0.171. The summed E-state index contributed by atoms with van der Waals surface area (Å²) in [6.45, 7) is 4.52. The molecular weight excluding hydrogens is 408 g/mol. The van der Waals surface area contributed by atoms with E-state index in [-0.39, 0.29) is 19.1 Å². The van der Waals surface area contributed by atoms with Crippen LogP contribution >= 0.6 is 0 Å². The molecule has 164 valence electrons. The van der Waals surface area contributed by atoms with Crippen LogP contribution in [0.15, 0.2) is 78.4 Å². The highest BCUT2D eigenvalue weighted by atomic mass is 16.8. The predicted octanol–water partition coefficient (Wildman–Crippen LogP) is 3.14. The summed E-state index contributed by atoms with van der Waals surface area (Å²) in [6, 6.07) is 18.9. The number of ether oxygens (including phenoxy) is 3. The van der Waals surface area contributed by atoms with Crippen molar-refractivity contribution < 1.29 is 19.0 Å². The summed E-state index contributed by atoms with van der Waals surface area (Å²) < 4.78 is 20.0. The highest BCUT2D eigenvalue weighted by molar-refractivity contribution is 5.94. The lowest BCUT2D eigenvalue weighted by Gasteiger charge is -2.25. The first-order chi connectivity index (χ1) is 15.4. The van der Waals surface area contributed by atoms with Gasteiger partial charge in [0.25, 0.3) is 5.91 Å². The average Bonchev–Trinajstić information content (AvgIpc) is 3.46. The second-order valence-corrected chi connectivity index (χ2v) is 8.36. The zero-order valence-electron chi connectivity index (χ0n) is 17.9. The zero-order chi connectivity index (χ0) is 22.2. The molecule has 0 radical (unpaired) electrons. The van der Waals surface area contributed by atoms with Gasteiger partial charge in [-0.05, 0) is 12.1 Å². The fraction of sp³-hybridized carbons (Fsp3) is 0.292. The first-order valence-electron chi connectivity index (χ1n) is 10.5. The van der Waals surface area contributed by atoms with Gasteiger partial charge < -0.3 is 19.5 Å². The van der Waals surface area contributed by atoms with E-state index >= 15 is 0 Å². The number of aromatic nitrogens is 3. The van der Waals surface area contributed by atoms with Crippen LogP contribution in [0.2, 0.25) is 0 Å². The van der Waals surface area contributed by atoms with Crippen molar-refractivity contribution in [3.63, 3.8) is 0 Å². The monoisotopic (exact) mass is 432 g/mol. The molecule has 3 heterocycles. The molecule has 1 atom stereocenters. The van der Waals surface area contributed by atoms with E-state index in [2.05, 4.69) is 15.6 Å². The van der Waals surface area contributed by atoms with Gasteiger partial charge in [-0.2, -0.15) is 0 Å². The maximum absolute atomic E-state index is 12.6. The van der Waals surface area contributed by atoms with Gasteiger partial charge in [-0.15, -0.1) is 5.10 Å². The summed E-state index contributed by atoms with van der Waals surface area (Å²) in [4.78, 5) is 12.6. The molecule has 3 aromatic rings. The topological polar surface area (TPSA) is 87.5 Å². The Labute approximate surface area is 185 Å². The Bertz CT molecular complexity index is 1160. The molecule has 5 rings (SSSR count). The SMILES string of the molecule is CC1(C)OC2=C(Cn3cc(-c4ccccc4)nn3)OC[C@]2(CNC(=O)c2ccccc2)O1. The molecule has 0 unspecified atom stereocenters. The van der Waals surface area contributed by atoms with E-state index in [1.165, 1.54) is 0 Å². The van der Waals surface area contributed by atoms with Gasteiger partial charge in [-0.3, -0.25) is 4.79 Å². The number of nitrogens with zero attached hydrogens (tertiary/aromatic N) is 3. The summed E-state index contributed by atoms with van der Waals surface area (Å²) in [5.74, 6) is 0.200. The minimum atomic E-state index is -0.883. The minimum Gasteiger partial charge on any atom is -0.489 e. The van der Waals surface area contributed by atoms with Crippen molar-refractivity contribution in [3.05, 3.63) is 83.9 Å². The van der Waals surface area contributed by atoms with Gasteiger partial charge in [-0.25, -0.2) is 4.68 Å². The molecule has 1 saturated heterocycles. The lowest BCUT2D eigenvalue weighted by Crippen LogP contribution is -2.46. The Balaban J connectivity index is 1.36. The number of nitrogens with one attached hydrogen (secondary N) is 1. The largest absolute Gasteiger partial charge is 0.489 e. The summed E-state index contributed by atoms with van der Waals surface area (Å²) in [7, 11) is 0. The Morgan fingerprint density at radius 2 is 1.81 bits per heavy atom. The molecule has 0 aliphatic carbocycles. The van der Waals surface area contributed by atoms with Gasteiger partial charge in [0, 0.05) is 25.0 Å². The highest BCUT2D eigenvalue weighted by Gasteiger charge is 2.56. The number of allylic oxidation sites excluding steroid dienone is 1. The van der Waals surface area contributed by atoms with Crippen molar-refractivity contribution in [3.8, 4) is 11.3 Å². The minimum absolute atomic E-state index is 0.176. The summed E-state index contributed by atoms with van der Waals surface area (Å²) in [5, 5.41) is 11.4. The van der Waals surface area contributed by atoms with Crippen LogP contribution in [0, 0.1) is 0 Å². The molecule has 0 saturated carbocycles. The van der Waals surface area contributed by atoms with Crippen molar-refractivity contribution in [2.75, 3.05) is 13.2 Å². The normalized spacial score (nSPS) is 21.1. The van der Waals surface area contributed by atoms with Crippen LogP contribution in [0.4, 0.5) is 0 Å². The second-order valence-electron chi connectivity index (χ2n) is 8.36. The maximum Gasteiger partial charge on any atom is 0.251 e. The van der Waals surface area contributed by atoms with Gasteiger partial charge in [0.15, 0.2) is 17.1 Å². The third kappa shape index (κ3) is 3.85. The van der Waals surface area contributed by atoms with Crippen LogP contribution in [-0.2, 0) is 20.8 Å². The number of fused-ring (bicyclic) bond motifs is 1. The van der Waals surface area contributed by atoms with Crippen molar-refractivity contribution >= 4 is 5.91 Å². The smallest absolute Gasteiger partial charge is 0.251 e. The van der Waals surface area contributed by atoms with E-state index in [0.717, 1.165) is 11.3 Å². The van der Waals surface area contributed by atoms with Crippen LogP contribution in [-0.4, -0.2) is 45.4 Å². The molecule has 2 aliphatic rings. The fourth-order valence-electron chi connectivity index (χ4n) is 4.02. The number of benzene rings is 2. The Morgan fingerprint density at radius 1 is 1.09 bits per heavy atom. The first kappa shape index (κ1) is 20.3. The molecule has 2 aliphatic heterocycles. The molecule has 0 bridgehead atoms. The van der Waals surface area contributed by atoms with Crippen molar-refractivity contribution in [2.45, 2.75) is 31.8 Å². The maximum atomic E-state index is 12.6. The quantitative estimate of drug-likeness (QED) is 0.644. The molecule has 32 heavy (non-hydrogen) atoms. The number of carbonyl (C=O) groups excluding carboxylic acids is 1. The second kappa shape index (κ2) is 7.80. The molecule has 1 aromatic heterocycles. The molecule has 1 N–H and O–H groups in total. The lowest BCUT2D eigenvalue weighted by atomic mass is 10.0. The standard InChI is InChI=1S/C24H24N4O4/c1-23(2)31-21-20(14-28-13-19(26-27-28)17-9-5-3-6-10-17)30-16-24(21,32-23)15-25-22(29)18-11-7-4-8-12-18/h3-13H,14-16H2,1-2H3,(H,25,29)/t24-/m0/s1. The predicted molar refractivity (Wildman–Crippen MR) is 116 cm³/mol. The number of carbonyl (C=O) groups is 1. The van der Waals surface area contributed by atoms with Crippen LogP contribution < -0.4 is 5.32 Å². The van der Waals surface area contributed by atoms with Crippen LogP contribution in [0.5, 0.6) is 0 Å². The van der Waals surface area contributed by atoms with E-state index in [0.29, 0.717) is 23.6 Å². The van der Waals surface area contributed by atoms with E-state index in [1.807, 2.05) is 68.6 Å². The van der Waals surface area contributed by atoms with E-state index in [4.69, 9.17) is 14.2 Å². The van der Waals surface area contributed by atoms with Gasteiger partial charge in [0.2, 0.25) is 5.79 Å². The first-order valence-corrected chi connectivity index (χ1v) is 10.5. The third-order valence-corrected chi connectivity index (χ3v) is 5.42. The Morgan fingerprint density at radius 3 is 2.56 bits per heavy atom. The molecule has 1 fully saturated rings. The van der Waals surface area contributed by atoms with Gasteiger partial charge in [0.1, 0.15) is 18.8 Å². The zero-order valence-corrected chi connectivity index (χ0v) is 17.9. The van der Waals surface area contributed by atoms with Crippen LogP contribution in [0.3, 0.4) is 0 Å². The number of hydrogen-bond donors (Lipinski definition) is 1. The number of rotatable bonds is 6. The Kier molecular flexibility index (Phi) is 4.94. The van der Waals surface area contributed by atoms with Crippen LogP contribution in [0.1, 0.15) is 24.2 Å². The highest BCUT2D eigenvalue weighted by Crippen LogP contribution is 2.45. The summed E-state index contributed by atoms with van der Waals surface area (Å²) in [6.07, 6.45) is 1.87. The number of hydrogen-bond acceptors (Lipinski definition) is 6. The van der Waals surface area contributed by atoms with E-state index in [9.17, 15) is 4.79 Å². The molecule has 0 spiro atoms. The molecular formula is C24H24N4O4. The molecule has 8 nitrogen and oxygen atoms in total. The summed E-state index contributed by atoms with van der Waals surface area (Å²) in [5.41, 5.74) is 1.47. The molecule has 2 aromatic carbocycles. The van der Waals surface area contributed by atoms with Gasteiger partial charge in [0.05, 0.1) is 12.7 Å². The van der Waals surface area contributed by atoms with Crippen molar-refractivity contribution in [2.24, 2.45) is 0 Å². The fourth-order valence-corrected chi connectivity index (χ4v) is 4.02. The Hall–Kier alpha value is -3.65. The van der Waals surface area contributed by atoms with Crippen molar-refractivity contribution in [1.82, 2.24) is 20.3 Å². The van der Waals surface area contributed by atoms with Gasteiger partial charge >= 0.3 is 0 Å². The summed E-state index contributed by atoms with van der Waals surface area (Å²) >= 11 is 0. The number of amides is 1. The van der Waals surface area contributed by atoms with E-state index < -0.39 is 11.4 Å². The molecule has 8 heteroatoms. The third-order valence-electron chi connectivity index (χ3n) is 5.42. The van der Waals surface area contributed by atoms with E-state index in [1.54, 1.807) is 16.8 Å².